The molecule has 0 aliphatic rings. The first-order chi connectivity index (χ1) is 11.4. The number of H-pyrrole nitrogens is 1. The molecule has 0 saturated heterocycles. The third-order valence-electron chi connectivity index (χ3n) is 4.08. The first kappa shape index (κ1) is 15.2. The smallest absolute Gasteiger partial charge is 0.408 e. The third kappa shape index (κ3) is 2.20. The lowest BCUT2D eigenvalue weighted by molar-refractivity contribution is 0.555. The summed E-state index contributed by atoms with van der Waals surface area (Å²) in [6.07, 6.45) is 0. The van der Waals surface area contributed by atoms with E-state index in [2.05, 4.69) is 35.5 Å². The number of hydrogen-bond donors (Lipinski definition) is 2. The first-order valence-electron chi connectivity index (χ1n) is 7.71. The number of hydrogen-bond acceptors (Lipinski definition) is 5. The van der Waals surface area contributed by atoms with Gasteiger partial charge in [-0.15, -0.1) is 11.3 Å². The summed E-state index contributed by atoms with van der Waals surface area (Å²) in [5.74, 6) is -0.446. The van der Waals surface area contributed by atoms with Gasteiger partial charge in [0, 0.05) is 22.9 Å². The summed E-state index contributed by atoms with van der Waals surface area (Å²) in [6, 6.07) is 5.68. The second-order valence-electron chi connectivity index (χ2n) is 6.83. The van der Waals surface area contributed by atoms with Crippen molar-refractivity contribution in [3.63, 3.8) is 0 Å². The molecule has 0 amide bonds. The van der Waals surface area contributed by atoms with Crippen LogP contribution in [0.25, 0.3) is 27.3 Å². The number of imidazole rings is 1. The molecule has 7 heteroatoms. The average Bonchev–Trinajstić information content (AvgIpc) is 3.16. The fourth-order valence-electron chi connectivity index (χ4n) is 3.01. The second-order valence-corrected chi connectivity index (χ2v) is 7.66. The molecule has 124 valence electrons. The van der Waals surface area contributed by atoms with Gasteiger partial charge < -0.3 is 10.2 Å². The minimum atomic E-state index is -0.446. The average molecular weight is 342 g/mol. The van der Waals surface area contributed by atoms with Crippen molar-refractivity contribution in [3.05, 3.63) is 45.5 Å². The Bertz CT molecular complexity index is 1110. The van der Waals surface area contributed by atoms with Gasteiger partial charge in [-0.1, -0.05) is 26.8 Å². The molecule has 3 aromatic heterocycles. The molecular weight excluding hydrogens is 324 g/mol. The zero-order chi connectivity index (χ0) is 17.1. The lowest BCUT2D eigenvalue weighted by Gasteiger charge is -2.17. The van der Waals surface area contributed by atoms with E-state index in [0.717, 1.165) is 27.6 Å². The highest BCUT2D eigenvalue weighted by Crippen LogP contribution is 2.34. The van der Waals surface area contributed by atoms with Crippen LogP contribution < -0.4 is 11.5 Å². The van der Waals surface area contributed by atoms with Crippen molar-refractivity contribution in [2.24, 2.45) is 5.73 Å². The molecular formula is C17H18N4O2S. The van der Waals surface area contributed by atoms with Gasteiger partial charge >= 0.3 is 5.76 Å². The van der Waals surface area contributed by atoms with Gasteiger partial charge in [0.25, 0.3) is 0 Å². The maximum absolute atomic E-state index is 11.4. The van der Waals surface area contributed by atoms with Crippen LogP contribution in [-0.4, -0.2) is 14.4 Å². The molecule has 4 aromatic rings. The number of nitrogens with zero attached hydrogens (tertiary/aromatic N) is 2. The SMILES string of the molecule is CC(C)(C)c1nc2scc(-c3ccc4[nH]c(=O)oc4c3)n2c1CN. The van der Waals surface area contributed by atoms with Crippen LogP contribution in [0.5, 0.6) is 0 Å². The van der Waals surface area contributed by atoms with Crippen LogP contribution in [0.3, 0.4) is 0 Å². The fraction of sp³-hybridized carbons (Fsp3) is 0.294. The van der Waals surface area contributed by atoms with Crippen molar-refractivity contribution in [1.29, 1.82) is 0 Å². The third-order valence-corrected chi connectivity index (χ3v) is 4.91. The number of benzene rings is 1. The van der Waals surface area contributed by atoms with Gasteiger partial charge in [0.2, 0.25) is 0 Å². The maximum Gasteiger partial charge on any atom is 0.417 e. The number of rotatable bonds is 2. The fourth-order valence-corrected chi connectivity index (χ4v) is 3.93. The van der Waals surface area contributed by atoms with Crippen LogP contribution in [0, 0.1) is 0 Å². The predicted octanol–water partition coefficient (Wildman–Crippen LogP) is 3.25. The number of thiazole rings is 1. The van der Waals surface area contributed by atoms with E-state index in [1.807, 2.05) is 18.2 Å². The van der Waals surface area contributed by atoms with Gasteiger partial charge in [-0.25, -0.2) is 9.78 Å². The number of oxazole rings is 1. The summed E-state index contributed by atoms with van der Waals surface area (Å²) < 4.78 is 7.29. The van der Waals surface area contributed by atoms with Crippen molar-refractivity contribution in [1.82, 2.24) is 14.4 Å². The minimum absolute atomic E-state index is 0.0743. The Kier molecular flexibility index (Phi) is 3.20. The zero-order valence-corrected chi connectivity index (χ0v) is 14.5. The second kappa shape index (κ2) is 5.06. The largest absolute Gasteiger partial charge is 0.417 e. The lowest BCUT2D eigenvalue weighted by atomic mass is 9.90. The number of aromatic amines is 1. The standard InChI is InChI=1S/C17H18N4O2S/c1-17(2,3)14-11(7-18)21-12(8-24-15(21)20-14)9-4-5-10-13(6-9)23-16(22)19-10/h4-6,8H,7,18H2,1-3H3,(H,19,22). The monoisotopic (exact) mass is 342 g/mol. The highest BCUT2D eigenvalue weighted by molar-refractivity contribution is 7.15. The molecule has 0 aliphatic carbocycles. The van der Waals surface area contributed by atoms with Crippen LogP contribution in [-0.2, 0) is 12.0 Å². The lowest BCUT2D eigenvalue weighted by Crippen LogP contribution is -2.17. The molecule has 3 N–H and O–H groups in total. The van der Waals surface area contributed by atoms with Gasteiger partial charge in [-0.05, 0) is 12.1 Å². The summed E-state index contributed by atoms with van der Waals surface area (Å²) in [4.78, 5) is 19.7. The van der Waals surface area contributed by atoms with E-state index in [9.17, 15) is 4.79 Å². The molecule has 0 saturated carbocycles. The van der Waals surface area contributed by atoms with E-state index >= 15 is 0 Å². The quantitative estimate of drug-likeness (QED) is 0.585. The Morgan fingerprint density at radius 2 is 2.17 bits per heavy atom. The molecule has 0 fully saturated rings. The highest BCUT2D eigenvalue weighted by Gasteiger charge is 2.25. The summed E-state index contributed by atoms with van der Waals surface area (Å²) in [7, 11) is 0. The number of nitrogens with two attached hydrogens (primary N) is 1. The topological polar surface area (TPSA) is 89.3 Å². The maximum atomic E-state index is 11.4. The molecule has 0 radical (unpaired) electrons. The van der Waals surface area contributed by atoms with E-state index in [1.54, 1.807) is 11.3 Å². The normalized spacial score (nSPS) is 12.5. The van der Waals surface area contributed by atoms with Crippen LogP contribution in [0.4, 0.5) is 0 Å². The van der Waals surface area contributed by atoms with Gasteiger partial charge in [0.05, 0.1) is 22.6 Å². The van der Waals surface area contributed by atoms with E-state index in [0.29, 0.717) is 17.6 Å². The van der Waals surface area contributed by atoms with Crippen molar-refractivity contribution in [2.45, 2.75) is 32.7 Å². The molecule has 4 rings (SSSR count). The summed E-state index contributed by atoms with van der Waals surface area (Å²) >= 11 is 1.58. The number of aromatic nitrogens is 3. The van der Waals surface area contributed by atoms with Crippen LogP contribution in [0.2, 0.25) is 0 Å². The summed E-state index contributed by atoms with van der Waals surface area (Å²) in [6.45, 7) is 6.83. The Labute approximate surface area is 141 Å². The molecule has 6 nitrogen and oxygen atoms in total. The van der Waals surface area contributed by atoms with E-state index in [1.165, 1.54) is 0 Å². The molecule has 0 unspecified atom stereocenters. The Balaban J connectivity index is 1.98. The van der Waals surface area contributed by atoms with E-state index in [-0.39, 0.29) is 5.41 Å². The molecule has 3 heterocycles. The van der Waals surface area contributed by atoms with Gasteiger partial charge in [-0.3, -0.25) is 9.38 Å². The van der Waals surface area contributed by atoms with Crippen LogP contribution in [0.1, 0.15) is 32.2 Å². The minimum Gasteiger partial charge on any atom is -0.408 e. The highest BCUT2D eigenvalue weighted by atomic mass is 32.1. The predicted molar refractivity (Wildman–Crippen MR) is 95.5 cm³/mol. The van der Waals surface area contributed by atoms with Gasteiger partial charge in [0.15, 0.2) is 10.5 Å². The summed E-state index contributed by atoms with van der Waals surface area (Å²) in [5.41, 5.74) is 11.2. The van der Waals surface area contributed by atoms with Crippen molar-refractivity contribution in [2.75, 3.05) is 0 Å². The zero-order valence-electron chi connectivity index (χ0n) is 13.7. The molecule has 1 aromatic carbocycles. The van der Waals surface area contributed by atoms with Crippen LogP contribution >= 0.6 is 11.3 Å². The molecule has 0 aliphatic heterocycles. The first-order valence-corrected chi connectivity index (χ1v) is 8.59. The van der Waals surface area contributed by atoms with Gasteiger partial charge in [-0.2, -0.15) is 0 Å². The number of nitrogens with one attached hydrogen (secondary N) is 1. The Morgan fingerprint density at radius 1 is 1.38 bits per heavy atom. The van der Waals surface area contributed by atoms with Crippen molar-refractivity contribution < 1.29 is 4.42 Å². The van der Waals surface area contributed by atoms with Crippen molar-refractivity contribution in [3.8, 4) is 11.3 Å². The molecule has 0 spiro atoms. The Morgan fingerprint density at radius 3 is 2.88 bits per heavy atom. The van der Waals surface area contributed by atoms with Crippen molar-refractivity contribution >= 4 is 27.4 Å². The molecule has 0 atom stereocenters. The van der Waals surface area contributed by atoms with Crippen LogP contribution in [0.15, 0.2) is 32.8 Å². The van der Waals surface area contributed by atoms with E-state index in [4.69, 9.17) is 15.1 Å². The summed E-state index contributed by atoms with van der Waals surface area (Å²) in [5, 5.41) is 2.06. The Hall–Kier alpha value is -2.38. The van der Waals surface area contributed by atoms with E-state index < -0.39 is 5.76 Å². The molecule has 0 bridgehead atoms. The number of fused-ring (bicyclic) bond motifs is 2. The molecule has 24 heavy (non-hydrogen) atoms. The van der Waals surface area contributed by atoms with Gasteiger partial charge in [0.1, 0.15) is 0 Å².